The zero-order valence-corrected chi connectivity index (χ0v) is 9.35. The first-order valence-electron chi connectivity index (χ1n) is 5.10. The van der Waals surface area contributed by atoms with Crippen LogP contribution in [0.2, 0.25) is 0 Å². The van der Waals surface area contributed by atoms with E-state index in [0.29, 0.717) is 5.41 Å². The number of rotatable bonds is 2. The quantitative estimate of drug-likeness (QED) is 0.556. The first-order chi connectivity index (χ1) is 5.94. The van der Waals surface area contributed by atoms with Gasteiger partial charge in [-0.3, -0.25) is 0 Å². The minimum Gasteiger partial charge on any atom is -0.0853 e. The van der Waals surface area contributed by atoms with Gasteiger partial charge in [-0.2, -0.15) is 0 Å². The lowest BCUT2D eigenvalue weighted by atomic mass is 9.76. The summed E-state index contributed by atoms with van der Waals surface area (Å²) in [4.78, 5) is 0. The third-order valence-corrected chi connectivity index (χ3v) is 3.50. The van der Waals surface area contributed by atoms with Gasteiger partial charge >= 0.3 is 0 Å². The second-order valence-corrected chi connectivity index (χ2v) is 4.83. The molecule has 0 saturated carbocycles. The van der Waals surface area contributed by atoms with Gasteiger partial charge in [0.15, 0.2) is 0 Å². The van der Waals surface area contributed by atoms with Crippen LogP contribution in [0.5, 0.6) is 0 Å². The van der Waals surface area contributed by atoms with E-state index in [2.05, 4.69) is 46.8 Å². The molecule has 0 aliphatic heterocycles. The Morgan fingerprint density at radius 3 is 2.69 bits per heavy atom. The minimum atomic E-state index is 0.395. The summed E-state index contributed by atoms with van der Waals surface area (Å²) in [5.74, 6) is 0.782. The van der Waals surface area contributed by atoms with Gasteiger partial charge in [0.2, 0.25) is 0 Å². The van der Waals surface area contributed by atoms with Crippen LogP contribution in [0.1, 0.15) is 40.5 Å². The molecule has 0 aromatic heterocycles. The first-order valence-corrected chi connectivity index (χ1v) is 5.10. The molecule has 0 N–H and O–H groups in total. The maximum absolute atomic E-state index is 3.91. The van der Waals surface area contributed by atoms with Crippen molar-refractivity contribution in [3.8, 4) is 0 Å². The van der Waals surface area contributed by atoms with Crippen molar-refractivity contribution in [3.05, 3.63) is 30.2 Å². The molecule has 1 unspecified atom stereocenters. The van der Waals surface area contributed by atoms with Crippen molar-refractivity contribution in [2.24, 2.45) is 11.3 Å². The molecule has 1 radical (unpaired) electrons. The minimum absolute atomic E-state index is 0.395. The predicted molar refractivity (Wildman–Crippen MR) is 59.4 cm³/mol. The number of allylic oxidation sites excluding steroid dienone is 4. The topological polar surface area (TPSA) is 0 Å². The molecule has 0 spiro atoms. The molecule has 0 heteroatoms. The van der Waals surface area contributed by atoms with Crippen LogP contribution >= 0.6 is 0 Å². The molecule has 0 nitrogen and oxygen atoms in total. The summed E-state index contributed by atoms with van der Waals surface area (Å²) in [6, 6.07) is 0. The van der Waals surface area contributed by atoms with Crippen LogP contribution in [0.4, 0.5) is 0 Å². The second-order valence-electron chi connectivity index (χ2n) is 4.83. The summed E-state index contributed by atoms with van der Waals surface area (Å²) in [5, 5.41) is 0. The van der Waals surface area contributed by atoms with Gasteiger partial charge in [-0.1, -0.05) is 37.1 Å². The van der Waals surface area contributed by atoms with E-state index in [4.69, 9.17) is 0 Å². The van der Waals surface area contributed by atoms with Crippen LogP contribution in [0.15, 0.2) is 23.3 Å². The highest BCUT2D eigenvalue weighted by molar-refractivity contribution is 5.19. The van der Waals surface area contributed by atoms with E-state index in [1.165, 1.54) is 18.4 Å². The van der Waals surface area contributed by atoms with Crippen molar-refractivity contribution in [1.29, 1.82) is 0 Å². The van der Waals surface area contributed by atoms with Gasteiger partial charge in [0.05, 0.1) is 0 Å². The molecule has 13 heavy (non-hydrogen) atoms. The van der Waals surface area contributed by atoms with Crippen LogP contribution in [0.3, 0.4) is 0 Å². The van der Waals surface area contributed by atoms with Gasteiger partial charge in [-0.05, 0) is 44.9 Å². The standard InChI is InChI=1S/C13H21/c1-10(2)6-8-12-9-7-11(3)13(12,4)5/h6-7,12H,1,8-9H2,2-5H3. The lowest BCUT2D eigenvalue weighted by Gasteiger charge is -2.29. The Bertz CT molecular complexity index is 237. The smallest absolute Gasteiger partial charge is 0.0113 e. The van der Waals surface area contributed by atoms with Gasteiger partial charge in [0, 0.05) is 0 Å². The van der Waals surface area contributed by atoms with E-state index < -0.39 is 0 Å². The van der Waals surface area contributed by atoms with Crippen molar-refractivity contribution in [2.75, 3.05) is 0 Å². The zero-order chi connectivity index (χ0) is 10.1. The van der Waals surface area contributed by atoms with Crippen molar-refractivity contribution in [1.82, 2.24) is 0 Å². The molecule has 0 amide bonds. The monoisotopic (exact) mass is 177 g/mol. The molecule has 0 heterocycles. The van der Waals surface area contributed by atoms with E-state index >= 15 is 0 Å². The number of hydrogen-bond acceptors (Lipinski definition) is 0. The molecule has 0 aromatic carbocycles. The van der Waals surface area contributed by atoms with Crippen LogP contribution < -0.4 is 0 Å². The molecular formula is C13H21. The fourth-order valence-corrected chi connectivity index (χ4v) is 1.93. The molecule has 1 atom stereocenters. The molecule has 1 rings (SSSR count). The van der Waals surface area contributed by atoms with Crippen molar-refractivity contribution in [3.63, 3.8) is 0 Å². The van der Waals surface area contributed by atoms with Gasteiger partial charge in [-0.15, -0.1) is 0 Å². The molecule has 73 valence electrons. The fraction of sp³-hybridized carbons (Fsp3) is 0.615. The predicted octanol–water partition coefficient (Wildman–Crippen LogP) is 4.15. The average molecular weight is 177 g/mol. The highest BCUT2D eigenvalue weighted by Gasteiger charge is 2.33. The lowest BCUT2D eigenvalue weighted by Crippen LogP contribution is -2.19. The Morgan fingerprint density at radius 1 is 1.69 bits per heavy atom. The van der Waals surface area contributed by atoms with Crippen LogP contribution in [-0.4, -0.2) is 0 Å². The molecule has 0 saturated heterocycles. The first kappa shape index (κ1) is 10.6. The summed E-state index contributed by atoms with van der Waals surface area (Å²) >= 11 is 0. The SMILES string of the molecule is [CH2]C(C)=CCC1CC=C(C)C1(C)C. The Balaban J connectivity index is 2.61. The maximum atomic E-state index is 3.91. The molecule has 1 aliphatic rings. The number of hydrogen-bond donors (Lipinski definition) is 0. The van der Waals surface area contributed by atoms with E-state index in [1.54, 1.807) is 5.57 Å². The largest absolute Gasteiger partial charge is 0.0853 e. The van der Waals surface area contributed by atoms with Crippen molar-refractivity contribution in [2.45, 2.75) is 40.5 Å². The van der Waals surface area contributed by atoms with Crippen LogP contribution in [0.25, 0.3) is 0 Å². The van der Waals surface area contributed by atoms with Gasteiger partial charge in [0.25, 0.3) is 0 Å². The van der Waals surface area contributed by atoms with Gasteiger partial charge in [-0.25, -0.2) is 0 Å². The summed E-state index contributed by atoms with van der Waals surface area (Å²) in [5.41, 5.74) is 3.14. The zero-order valence-electron chi connectivity index (χ0n) is 9.35. The molecule has 0 fully saturated rings. The Hall–Kier alpha value is -0.520. The van der Waals surface area contributed by atoms with E-state index in [9.17, 15) is 0 Å². The highest BCUT2D eigenvalue weighted by Crippen LogP contribution is 2.44. The Morgan fingerprint density at radius 2 is 2.31 bits per heavy atom. The maximum Gasteiger partial charge on any atom is -0.0113 e. The van der Waals surface area contributed by atoms with Gasteiger partial charge in [0.1, 0.15) is 0 Å². The normalized spacial score (nSPS) is 27.6. The lowest BCUT2D eigenvalue weighted by molar-refractivity contribution is 0.294. The van der Waals surface area contributed by atoms with E-state index in [1.807, 2.05) is 0 Å². The van der Waals surface area contributed by atoms with Crippen molar-refractivity contribution >= 4 is 0 Å². The van der Waals surface area contributed by atoms with E-state index in [-0.39, 0.29) is 0 Å². The third-order valence-electron chi connectivity index (χ3n) is 3.50. The fourth-order valence-electron chi connectivity index (χ4n) is 1.93. The van der Waals surface area contributed by atoms with Crippen molar-refractivity contribution < 1.29 is 0 Å². The highest BCUT2D eigenvalue weighted by atomic mass is 14.4. The van der Waals surface area contributed by atoms with Crippen LogP contribution in [0, 0.1) is 18.3 Å². The second kappa shape index (κ2) is 3.69. The molecule has 1 aliphatic carbocycles. The van der Waals surface area contributed by atoms with Gasteiger partial charge < -0.3 is 0 Å². The summed E-state index contributed by atoms with van der Waals surface area (Å²) in [6.45, 7) is 12.9. The molecular weight excluding hydrogens is 156 g/mol. The molecule has 0 bridgehead atoms. The third kappa shape index (κ3) is 2.24. The Kier molecular flexibility index (Phi) is 3.00. The van der Waals surface area contributed by atoms with Crippen LogP contribution in [-0.2, 0) is 0 Å². The summed E-state index contributed by atoms with van der Waals surface area (Å²) in [6.07, 6.45) is 7.06. The average Bonchev–Trinajstić information content (AvgIpc) is 2.25. The molecule has 0 aromatic rings. The van der Waals surface area contributed by atoms with E-state index in [0.717, 1.165) is 5.92 Å². The summed E-state index contributed by atoms with van der Waals surface area (Å²) < 4.78 is 0. The Labute approximate surface area is 82.7 Å². The summed E-state index contributed by atoms with van der Waals surface area (Å²) in [7, 11) is 0.